The monoisotopic (exact) mass is 237 g/mol. The molecular formula is C6H8ClN3O3S. The molecule has 0 aliphatic rings. The van der Waals surface area contributed by atoms with Crippen LogP contribution in [0.4, 0.5) is 5.69 Å². The molecule has 1 N–H and O–H groups in total. The van der Waals surface area contributed by atoms with Crippen molar-refractivity contribution in [2.75, 3.05) is 18.6 Å². The van der Waals surface area contributed by atoms with Gasteiger partial charge in [0.15, 0.2) is 0 Å². The van der Waals surface area contributed by atoms with Crippen LogP contribution in [0.1, 0.15) is 0 Å². The molecule has 14 heavy (non-hydrogen) atoms. The van der Waals surface area contributed by atoms with E-state index >= 15 is 0 Å². The van der Waals surface area contributed by atoms with E-state index in [-0.39, 0.29) is 10.7 Å². The zero-order valence-electron chi connectivity index (χ0n) is 7.48. The lowest BCUT2D eigenvalue weighted by Gasteiger charge is -2.04. The van der Waals surface area contributed by atoms with E-state index < -0.39 is 15.6 Å². The summed E-state index contributed by atoms with van der Waals surface area (Å²) in [5.74, 6) is 0. The average Bonchev–Trinajstić information content (AvgIpc) is 2.07. The lowest BCUT2D eigenvalue weighted by Crippen LogP contribution is -2.29. The first-order chi connectivity index (χ1) is 6.38. The second kappa shape index (κ2) is 3.58. The predicted octanol–water partition coefficient (Wildman–Crippen LogP) is -0.254. The third-order valence-electron chi connectivity index (χ3n) is 1.47. The van der Waals surface area contributed by atoms with Crippen LogP contribution < -0.4 is 10.9 Å². The van der Waals surface area contributed by atoms with E-state index in [0.717, 1.165) is 6.26 Å². The fraction of sp³-hybridized carbons (Fsp3) is 0.333. The SMILES string of the molecule is CNc1cnn(S(C)(=O)=O)c(=O)c1Cl. The van der Waals surface area contributed by atoms with Crippen LogP contribution in [-0.2, 0) is 10.0 Å². The van der Waals surface area contributed by atoms with Gasteiger partial charge in [0.25, 0.3) is 10.0 Å². The third kappa shape index (κ3) is 1.88. The van der Waals surface area contributed by atoms with E-state index in [1.54, 1.807) is 7.05 Å². The smallest absolute Gasteiger partial charge is 0.302 e. The fourth-order valence-electron chi connectivity index (χ4n) is 0.829. The van der Waals surface area contributed by atoms with E-state index in [2.05, 4.69) is 10.4 Å². The maximum atomic E-state index is 11.3. The zero-order valence-corrected chi connectivity index (χ0v) is 9.06. The van der Waals surface area contributed by atoms with Crippen LogP contribution in [0.3, 0.4) is 0 Å². The number of hydrogen-bond donors (Lipinski definition) is 1. The van der Waals surface area contributed by atoms with Gasteiger partial charge >= 0.3 is 5.56 Å². The average molecular weight is 238 g/mol. The highest BCUT2D eigenvalue weighted by Gasteiger charge is 2.14. The summed E-state index contributed by atoms with van der Waals surface area (Å²) in [4.78, 5) is 11.3. The van der Waals surface area contributed by atoms with E-state index in [1.165, 1.54) is 6.20 Å². The Morgan fingerprint density at radius 3 is 2.57 bits per heavy atom. The molecule has 0 spiro atoms. The van der Waals surface area contributed by atoms with Gasteiger partial charge in [0.2, 0.25) is 0 Å². The van der Waals surface area contributed by atoms with Crippen molar-refractivity contribution >= 4 is 27.3 Å². The van der Waals surface area contributed by atoms with Crippen LogP contribution >= 0.6 is 11.6 Å². The topological polar surface area (TPSA) is 81.1 Å². The molecule has 0 atom stereocenters. The molecule has 0 amide bonds. The van der Waals surface area contributed by atoms with Crippen LogP contribution in [0.2, 0.25) is 5.02 Å². The van der Waals surface area contributed by atoms with E-state index in [1.807, 2.05) is 0 Å². The first-order valence-electron chi connectivity index (χ1n) is 3.54. The number of anilines is 1. The summed E-state index contributed by atoms with van der Waals surface area (Å²) in [7, 11) is -2.15. The van der Waals surface area contributed by atoms with Crippen molar-refractivity contribution < 1.29 is 8.42 Å². The van der Waals surface area contributed by atoms with Gasteiger partial charge in [0.05, 0.1) is 18.1 Å². The van der Waals surface area contributed by atoms with Gasteiger partial charge in [-0.25, -0.2) is 8.42 Å². The van der Waals surface area contributed by atoms with Crippen LogP contribution in [0.15, 0.2) is 11.0 Å². The van der Waals surface area contributed by atoms with Crippen LogP contribution in [0.25, 0.3) is 0 Å². The van der Waals surface area contributed by atoms with Crippen LogP contribution in [-0.4, -0.2) is 30.9 Å². The van der Waals surface area contributed by atoms with E-state index in [0.29, 0.717) is 4.09 Å². The largest absolute Gasteiger partial charge is 0.385 e. The Kier molecular flexibility index (Phi) is 2.81. The molecule has 1 aromatic rings. The Bertz CT molecular complexity index is 508. The first-order valence-corrected chi connectivity index (χ1v) is 5.76. The highest BCUT2D eigenvalue weighted by atomic mass is 35.5. The Hall–Kier alpha value is -1.08. The number of nitrogens with one attached hydrogen (secondary N) is 1. The number of nitrogens with zero attached hydrogens (tertiary/aromatic N) is 2. The molecule has 78 valence electrons. The number of halogens is 1. The third-order valence-corrected chi connectivity index (χ3v) is 2.73. The first kappa shape index (κ1) is 11.0. The quantitative estimate of drug-likeness (QED) is 0.767. The number of hydrogen-bond acceptors (Lipinski definition) is 5. The zero-order chi connectivity index (χ0) is 10.9. The summed E-state index contributed by atoms with van der Waals surface area (Å²) >= 11 is 5.60. The normalized spacial score (nSPS) is 11.4. The molecule has 0 aliphatic heterocycles. The molecule has 0 bridgehead atoms. The highest BCUT2D eigenvalue weighted by Crippen LogP contribution is 2.13. The van der Waals surface area contributed by atoms with Crippen molar-refractivity contribution in [3.8, 4) is 0 Å². The molecule has 0 aromatic carbocycles. The lowest BCUT2D eigenvalue weighted by molar-refractivity contribution is 0.582. The summed E-state index contributed by atoms with van der Waals surface area (Å²) < 4.78 is 22.4. The summed E-state index contributed by atoms with van der Waals surface area (Å²) in [5, 5.41) is 5.86. The molecule has 0 radical (unpaired) electrons. The van der Waals surface area contributed by atoms with Crippen LogP contribution in [0.5, 0.6) is 0 Å². The molecule has 0 unspecified atom stereocenters. The minimum Gasteiger partial charge on any atom is -0.385 e. The predicted molar refractivity (Wildman–Crippen MR) is 53.3 cm³/mol. The van der Waals surface area contributed by atoms with Gasteiger partial charge < -0.3 is 5.32 Å². The van der Waals surface area contributed by atoms with Gasteiger partial charge in [0.1, 0.15) is 5.02 Å². The molecule has 1 rings (SSSR count). The van der Waals surface area contributed by atoms with Gasteiger partial charge in [-0.1, -0.05) is 11.6 Å². The van der Waals surface area contributed by atoms with Gasteiger partial charge in [-0.15, -0.1) is 4.09 Å². The van der Waals surface area contributed by atoms with Crippen molar-refractivity contribution in [3.63, 3.8) is 0 Å². The molecule has 0 saturated carbocycles. The summed E-state index contributed by atoms with van der Waals surface area (Å²) in [6.45, 7) is 0. The minimum atomic E-state index is -3.70. The number of aromatic nitrogens is 2. The Labute approximate surface area is 85.6 Å². The molecule has 6 nitrogen and oxygen atoms in total. The van der Waals surface area contributed by atoms with Gasteiger partial charge in [0, 0.05) is 7.05 Å². The van der Waals surface area contributed by atoms with E-state index in [4.69, 9.17) is 11.6 Å². The highest BCUT2D eigenvalue weighted by molar-refractivity contribution is 7.89. The van der Waals surface area contributed by atoms with Gasteiger partial charge in [-0.05, 0) is 0 Å². The second-order valence-corrected chi connectivity index (χ2v) is 4.72. The fourth-order valence-corrected chi connectivity index (χ4v) is 1.71. The standard InChI is InChI=1S/C6H8ClN3O3S/c1-8-4-3-9-10(14(2,12)13)6(11)5(4)7/h3,8H,1-2H3. The molecular weight excluding hydrogens is 230 g/mol. The molecule has 1 aromatic heterocycles. The summed E-state index contributed by atoms with van der Waals surface area (Å²) in [6, 6.07) is 0. The Morgan fingerprint density at radius 2 is 2.14 bits per heavy atom. The van der Waals surface area contributed by atoms with Crippen molar-refractivity contribution in [1.82, 2.24) is 9.19 Å². The molecule has 0 saturated heterocycles. The van der Waals surface area contributed by atoms with Crippen molar-refractivity contribution in [1.29, 1.82) is 0 Å². The van der Waals surface area contributed by atoms with Crippen LogP contribution in [0, 0.1) is 0 Å². The van der Waals surface area contributed by atoms with E-state index in [9.17, 15) is 13.2 Å². The minimum absolute atomic E-state index is 0.201. The van der Waals surface area contributed by atoms with Gasteiger partial charge in [-0.2, -0.15) is 5.10 Å². The van der Waals surface area contributed by atoms with Gasteiger partial charge in [-0.3, -0.25) is 4.79 Å². The molecule has 0 fully saturated rings. The lowest BCUT2D eigenvalue weighted by atomic mass is 10.5. The number of rotatable bonds is 2. The van der Waals surface area contributed by atoms with Crippen molar-refractivity contribution in [3.05, 3.63) is 21.6 Å². The Balaban J connectivity index is 3.56. The second-order valence-electron chi connectivity index (χ2n) is 2.53. The summed E-state index contributed by atoms with van der Waals surface area (Å²) in [6.07, 6.45) is 2.04. The maximum absolute atomic E-state index is 11.3. The van der Waals surface area contributed by atoms with Crippen molar-refractivity contribution in [2.45, 2.75) is 0 Å². The van der Waals surface area contributed by atoms with Crippen molar-refractivity contribution in [2.24, 2.45) is 0 Å². The summed E-state index contributed by atoms with van der Waals surface area (Å²) in [5.41, 5.74) is -0.572. The Morgan fingerprint density at radius 1 is 1.57 bits per heavy atom. The molecule has 8 heteroatoms. The maximum Gasteiger partial charge on any atom is 0.302 e. The molecule has 1 heterocycles. The molecule has 0 aliphatic carbocycles.